The summed E-state index contributed by atoms with van der Waals surface area (Å²) in [5, 5.41) is 20.2. The SMILES string of the molecule is CC[C@H](C)CC(NC(=O)[C@@H]1CCC(=O)N1)N(CC(=O)N[C@@H](CCSC)C(=O)O)Cc1cccc2ccccc12. The highest BCUT2D eigenvalue weighted by atomic mass is 32.2. The molecule has 1 fully saturated rings. The summed E-state index contributed by atoms with van der Waals surface area (Å²) in [6.45, 7) is 4.45. The smallest absolute Gasteiger partial charge is 0.326 e. The number of fused-ring (bicyclic) bond motifs is 1. The largest absolute Gasteiger partial charge is 0.480 e. The molecule has 1 heterocycles. The molecular weight excluding hydrogens is 516 g/mol. The van der Waals surface area contributed by atoms with Crippen molar-refractivity contribution in [2.24, 2.45) is 5.92 Å². The minimum absolute atomic E-state index is 0.0926. The van der Waals surface area contributed by atoms with Crippen LogP contribution in [0, 0.1) is 5.92 Å². The van der Waals surface area contributed by atoms with Crippen LogP contribution in [0.15, 0.2) is 42.5 Å². The molecular formula is C29H40N4O5S. The first-order valence-electron chi connectivity index (χ1n) is 13.5. The van der Waals surface area contributed by atoms with Gasteiger partial charge in [-0.25, -0.2) is 4.79 Å². The zero-order valence-corrected chi connectivity index (χ0v) is 23.8. The second-order valence-electron chi connectivity index (χ2n) is 10.2. The van der Waals surface area contributed by atoms with E-state index in [1.807, 2.05) is 53.6 Å². The van der Waals surface area contributed by atoms with Crippen LogP contribution in [0.5, 0.6) is 0 Å². The lowest BCUT2D eigenvalue weighted by molar-refractivity contribution is -0.142. The third-order valence-corrected chi connectivity index (χ3v) is 7.87. The highest BCUT2D eigenvalue weighted by Crippen LogP contribution is 2.23. The number of carboxylic acid groups (broad SMARTS) is 1. The third-order valence-electron chi connectivity index (χ3n) is 7.23. The van der Waals surface area contributed by atoms with Gasteiger partial charge in [-0.15, -0.1) is 0 Å². The monoisotopic (exact) mass is 556 g/mol. The number of rotatable bonds is 15. The van der Waals surface area contributed by atoms with E-state index in [-0.39, 0.29) is 24.3 Å². The van der Waals surface area contributed by atoms with Crippen molar-refractivity contribution in [3.05, 3.63) is 48.0 Å². The van der Waals surface area contributed by atoms with E-state index >= 15 is 0 Å². The molecule has 0 aromatic heterocycles. The van der Waals surface area contributed by atoms with Gasteiger partial charge in [0, 0.05) is 13.0 Å². The van der Waals surface area contributed by atoms with Gasteiger partial charge in [0.15, 0.2) is 0 Å². The summed E-state index contributed by atoms with van der Waals surface area (Å²) in [4.78, 5) is 51.8. The molecule has 0 radical (unpaired) electrons. The first kappa shape index (κ1) is 30.4. The molecule has 1 unspecified atom stereocenters. The van der Waals surface area contributed by atoms with Gasteiger partial charge < -0.3 is 21.1 Å². The molecule has 1 saturated heterocycles. The fourth-order valence-corrected chi connectivity index (χ4v) is 5.24. The van der Waals surface area contributed by atoms with Gasteiger partial charge >= 0.3 is 5.97 Å². The Morgan fingerprint density at radius 3 is 2.56 bits per heavy atom. The lowest BCUT2D eigenvalue weighted by Gasteiger charge is -2.34. The van der Waals surface area contributed by atoms with Crippen molar-refractivity contribution in [1.29, 1.82) is 0 Å². The Kier molecular flexibility index (Phi) is 11.6. The van der Waals surface area contributed by atoms with E-state index < -0.39 is 30.1 Å². The van der Waals surface area contributed by atoms with E-state index in [2.05, 4.69) is 29.8 Å². The third kappa shape index (κ3) is 8.96. The van der Waals surface area contributed by atoms with Gasteiger partial charge in [0.2, 0.25) is 17.7 Å². The quantitative estimate of drug-likeness (QED) is 0.248. The van der Waals surface area contributed by atoms with Gasteiger partial charge in [0.25, 0.3) is 0 Å². The Morgan fingerprint density at radius 1 is 1.15 bits per heavy atom. The summed E-state index contributed by atoms with van der Waals surface area (Å²) in [6, 6.07) is 12.4. The molecule has 1 aliphatic heterocycles. The normalized spacial score (nSPS) is 17.4. The lowest BCUT2D eigenvalue weighted by atomic mass is 10.00. The number of carbonyl (C=O) groups excluding carboxylic acids is 3. The van der Waals surface area contributed by atoms with Crippen LogP contribution in [-0.4, -0.2) is 70.5 Å². The summed E-state index contributed by atoms with van der Waals surface area (Å²) >= 11 is 1.52. The molecule has 2 aromatic carbocycles. The number of carbonyl (C=O) groups is 4. The maximum atomic E-state index is 13.2. The fraction of sp³-hybridized carbons (Fsp3) is 0.517. The van der Waals surface area contributed by atoms with Gasteiger partial charge in [0.1, 0.15) is 12.1 Å². The van der Waals surface area contributed by atoms with Crippen molar-refractivity contribution >= 4 is 46.2 Å². The molecule has 4 N–H and O–H groups in total. The van der Waals surface area contributed by atoms with Gasteiger partial charge in [0.05, 0.1) is 12.7 Å². The number of thioether (sulfide) groups is 1. The molecule has 39 heavy (non-hydrogen) atoms. The number of nitrogens with zero attached hydrogens (tertiary/aromatic N) is 1. The highest BCUT2D eigenvalue weighted by molar-refractivity contribution is 7.98. The van der Waals surface area contributed by atoms with Gasteiger partial charge in [-0.1, -0.05) is 62.7 Å². The Hall–Kier alpha value is -3.11. The topological polar surface area (TPSA) is 128 Å². The zero-order valence-electron chi connectivity index (χ0n) is 22.9. The van der Waals surface area contributed by atoms with Gasteiger partial charge in [-0.05, 0) is 53.5 Å². The van der Waals surface area contributed by atoms with Crippen LogP contribution in [0.1, 0.15) is 51.5 Å². The average Bonchev–Trinajstić information content (AvgIpc) is 3.36. The second-order valence-corrected chi connectivity index (χ2v) is 11.2. The van der Waals surface area contributed by atoms with Crippen LogP contribution < -0.4 is 16.0 Å². The number of benzene rings is 2. The predicted molar refractivity (Wildman–Crippen MR) is 154 cm³/mol. The Labute approximate surface area is 234 Å². The number of amides is 3. The summed E-state index contributed by atoms with van der Waals surface area (Å²) in [5.74, 6) is -1.05. The summed E-state index contributed by atoms with van der Waals surface area (Å²) < 4.78 is 0. The Balaban J connectivity index is 1.90. The van der Waals surface area contributed by atoms with Crippen molar-refractivity contribution in [3.63, 3.8) is 0 Å². The number of carboxylic acids is 1. The molecule has 3 rings (SSSR count). The molecule has 0 spiro atoms. The van der Waals surface area contributed by atoms with E-state index in [4.69, 9.17) is 0 Å². The summed E-state index contributed by atoms with van der Waals surface area (Å²) in [6.07, 6.45) is 3.93. The minimum Gasteiger partial charge on any atom is -0.480 e. The molecule has 212 valence electrons. The molecule has 10 heteroatoms. The van der Waals surface area contributed by atoms with Crippen molar-refractivity contribution < 1.29 is 24.3 Å². The van der Waals surface area contributed by atoms with Crippen LogP contribution in [0.3, 0.4) is 0 Å². The molecule has 0 saturated carbocycles. The molecule has 0 aliphatic carbocycles. The minimum atomic E-state index is -1.07. The van der Waals surface area contributed by atoms with Crippen LogP contribution >= 0.6 is 11.8 Å². The summed E-state index contributed by atoms with van der Waals surface area (Å²) in [7, 11) is 0. The number of hydrogen-bond acceptors (Lipinski definition) is 6. The molecule has 0 bridgehead atoms. The molecule has 3 amide bonds. The summed E-state index contributed by atoms with van der Waals surface area (Å²) in [5.41, 5.74) is 0.996. The van der Waals surface area contributed by atoms with E-state index in [1.165, 1.54) is 11.8 Å². The first-order chi connectivity index (χ1) is 18.7. The predicted octanol–water partition coefficient (Wildman–Crippen LogP) is 3.12. The maximum Gasteiger partial charge on any atom is 0.326 e. The fourth-order valence-electron chi connectivity index (χ4n) is 4.77. The Bertz CT molecular complexity index is 1150. The lowest BCUT2D eigenvalue weighted by Crippen LogP contribution is -2.56. The van der Waals surface area contributed by atoms with Crippen molar-refractivity contribution in [2.75, 3.05) is 18.6 Å². The van der Waals surface area contributed by atoms with Gasteiger partial charge in [-0.3, -0.25) is 19.3 Å². The van der Waals surface area contributed by atoms with Crippen molar-refractivity contribution in [1.82, 2.24) is 20.9 Å². The van der Waals surface area contributed by atoms with Crippen LogP contribution in [0.2, 0.25) is 0 Å². The Morgan fingerprint density at radius 2 is 1.90 bits per heavy atom. The highest BCUT2D eigenvalue weighted by Gasteiger charge is 2.32. The van der Waals surface area contributed by atoms with Crippen LogP contribution in [0.4, 0.5) is 0 Å². The molecule has 9 nitrogen and oxygen atoms in total. The van der Waals surface area contributed by atoms with Crippen LogP contribution in [-0.2, 0) is 25.7 Å². The van der Waals surface area contributed by atoms with E-state index in [0.29, 0.717) is 38.0 Å². The zero-order chi connectivity index (χ0) is 28.4. The van der Waals surface area contributed by atoms with E-state index in [9.17, 15) is 24.3 Å². The maximum absolute atomic E-state index is 13.2. The van der Waals surface area contributed by atoms with E-state index in [1.54, 1.807) is 0 Å². The van der Waals surface area contributed by atoms with Crippen LogP contribution in [0.25, 0.3) is 10.8 Å². The molecule has 4 atom stereocenters. The first-order valence-corrected chi connectivity index (χ1v) is 14.9. The number of hydrogen-bond donors (Lipinski definition) is 4. The molecule has 1 aliphatic rings. The number of nitrogens with one attached hydrogen (secondary N) is 3. The van der Waals surface area contributed by atoms with Gasteiger partial charge in [-0.2, -0.15) is 11.8 Å². The van der Waals surface area contributed by atoms with E-state index in [0.717, 1.165) is 22.8 Å². The average molecular weight is 557 g/mol. The number of aliphatic carboxylic acids is 1. The molecule has 2 aromatic rings. The second kappa shape index (κ2) is 14.9. The van der Waals surface area contributed by atoms with Crippen molar-refractivity contribution in [2.45, 2.75) is 70.7 Å². The standard InChI is InChI=1S/C29H40N4O5S/c1-4-19(2)16-25(32-28(36)23-12-13-26(34)30-23)33(18-27(35)31-24(29(37)38)14-15-39-3)17-21-10-7-9-20-8-5-6-11-22(20)21/h5-11,19,23-25H,4,12-18H2,1-3H3,(H,30,34)(H,31,35)(H,32,36)(H,37,38)/t19-,23-,24-,25?/m0/s1. The van der Waals surface area contributed by atoms with Crippen molar-refractivity contribution in [3.8, 4) is 0 Å².